The third-order valence-corrected chi connectivity index (χ3v) is 4.35. The Kier molecular flexibility index (Phi) is 6.62. The van der Waals surface area contributed by atoms with Crippen LogP contribution in [0.1, 0.15) is 28.8 Å². The first-order valence-electron chi connectivity index (χ1n) is 7.65. The van der Waals surface area contributed by atoms with E-state index in [0.29, 0.717) is 13.0 Å². The van der Waals surface area contributed by atoms with Crippen LogP contribution in [-0.4, -0.2) is 24.9 Å². The van der Waals surface area contributed by atoms with Crippen molar-refractivity contribution in [3.8, 4) is 0 Å². The first-order valence-corrected chi connectivity index (χ1v) is 8.53. The molecule has 0 fully saturated rings. The van der Waals surface area contributed by atoms with E-state index in [9.17, 15) is 4.79 Å². The summed E-state index contributed by atoms with van der Waals surface area (Å²) >= 11 is 1.76. The van der Waals surface area contributed by atoms with E-state index in [1.54, 1.807) is 11.3 Å². The molecule has 1 N–H and O–H groups in total. The number of hydrogen-bond donors (Lipinski definition) is 1. The van der Waals surface area contributed by atoms with E-state index in [2.05, 4.69) is 66.1 Å². The van der Waals surface area contributed by atoms with E-state index in [-0.39, 0.29) is 5.91 Å². The Morgan fingerprint density at radius 1 is 1.14 bits per heavy atom. The van der Waals surface area contributed by atoms with E-state index in [0.717, 1.165) is 24.9 Å². The number of nitrogens with zero attached hydrogens (tertiary/aromatic N) is 1. The highest BCUT2D eigenvalue weighted by atomic mass is 32.1. The second-order valence-electron chi connectivity index (χ2n) is 5.76. The molecule has 3 nitrogen and oxygen atoms in total. The monoisotopic (exact) mass is 316 g/mol. The maximum absolute atomic E-state index is 11.8. The number of benzene rings is 1. The highest BCUT2D eigenvalue weighted by Crippen LogP contribution is 2.12. The van der Waals surface area contributed by atoms with Crippen LogP contribution >= 0.6 is 11.3 Å². The lowest BCUT2D eigenvalue weighted by atomic mass is 10.1. The summed E-state index contributed by atoms with van der Waals surface area (Å²) in [5, 5.41) is 5.07. The average Bonchev–Trinajstić information content (AvgIpc) is 2.99. The van der Waals surface area contributed by atoms with Crippen molar-refractivity contribution < 1.29 is 4.79 Å². The van der Waals surface area contributed by atoms with Crippen LogP contribution in [0.5, 0.6) is 0 Å². The van der Waals surface area contributed by atoms with Gasteiger partial charge in [-0.25, -0.2) is 0 Å². The van der Waals surface area contributed by atoms with E-state index >= 15 is 0 Å². The van der Waals surface area contributed by atoms with Gasteiger partial charge in [0.15, 0.2) is 0 Å². The van der Waals surface area contributed by atoms with Gasteiger partial charge < -0.3 is 10.2 Å². The Hall–Kier alpha value is -1.65. The summed E-state index contributed by atoms with van der Waals surface area (Å²) in [6, 6.07) is 12.6. The van der Waals surface area contributed by atoms with Gasteiger partial charge in [-0.3, -0.25) is 4.79 Å². The summed E-state index contributed by atoms with van der Waals surface area (Å²) < 4.78 is 0. The van der Waals surface area contributed by atoms with Gasteiger partial charge in [-0.2, -0.15) is 0 Å². The van der Waals surface area contributed by atoms with Gasteiger partial charge in [0, 0.05) is 24.4 Å². The van der Waals surface area contributed by atoms with Crippen molar-refractivity contribution >= 4 is 17.2 Å². The molecule has 0 unspecified atom stereocenters. The van der Waals surface area contributed by atoms with Crippen molar-refractivity contribution in [1.82, 2.24) is 10.2 Å². The fourth-order valence-electron chi connectivity index (χ4n) is 2.29. The predicted molar refractivity (Wildman–Crippen MR) is 92.9 cm³/mol. The minimum absolute atomic E-state index is 0.133. The van der Waals surface area contributed by atoms with Crippen LogP contribution in [0.4, 0.5) is 0 Å². The predicted octanol–water partition coefficient (Wildman–Crippen LogP) is 3.45. The van der Waals surface area contributed by atoms with Crippen molar-refractivity contribution in [3.05, 3.63) is 57.8 Å². The Bertz CT molecular complexity index is 561. The molecule has 0 aliphatic carbocycles. The Morgan fingerprint density at radius 3 is 2.50 bits per heavy atom. The minimum Gasteiger partial charge on any atom is -0.352 e. The zero-order chi connectivity index (χ0) is 15.8. The van der Waals surface area contributed by atoms with E-state index in [4.69, 9.17) is 0 Å². The second kappa shape index (κ2) is 8.71. The molecule has 0 atom stereocenters. The normalized spacial score (nSPS) is 10.9. The molecule has 22 heavy (non-hydrogen) atoms. The highest BCUT2D eigenvalue weighted by Gasteiger charge is 2.03. The summed E-state index contributed by atoms with van der Waals surface area (Å²) in [6.45, 7) is 1.55. The molecule has 0 aliphatic heterocycles. The molecule has 1 heterocycles. The van der Waals surface area contributed by atoms with E-state index in [1.807, 2.05) is 0 Å². The van der Waals surface area contributed by atoms with Crippen molar-refractivity contribution in [2.24, 2.45) is 0 Å². The molecule has 0 radical (unpaired) electrons. The van der Waals surface area contributed by atoms with Crippen molar-refractivity contribution in [2.45, 2.75) is 32.4 Å². The molecule has 1 aromatic carbocycles. The lowest BCUT2D eigenvalue weighted by Gasteiger charge is -2.10. The summed E-state index contributed by atoms with van der Waals surface area (Å²) in [5.41, 5.74) is 2.44. The van der Waals surface area contributed by atoms with Crippen molar-refractivity contribution in [1.29, 1.82) is 0 Å². The van der Waals surface area contributed by atoms with Crippen LogP contribution < -0.4 is 5.32 Å². The zero-order valence-corrected chi connectivity index (χ0v) is 14.2. The van der Waals surface area contributed by atoms with Crippen LogP contribution in [0.3, 0.4) is 0 Å². The van der Waals surface area contributed by atoms with E-state index < -0.39 is 0 Å². The first-order chi connectivity index (χ1) is 10.6. The van der Waals surface area contributed by atoms with Gasteiger partial charge in [0.1, 0.15) is 0 Å². The van der Waals surface area contributed by atoms with Gasteiger partial charge in [-0.05, 0) is 49.5 Å². The topological polar surface area (TPSA) is 32.3 Å². The van der Waals surface area contributed by atoms with Gasteiger partial charge in [0.2, 0.25) is 5.91 Å². The lowest BCUT2D eigenvalue weighted by molar-refractivity contribution is -0.121. The number of thiophene rings is 1. The average molecular weight is 316 g/mol. The number of carbonyl (C=O) groups excluding carboxylic acids is 1. The molecule has 0 saturated heterocycles. The molecule has 1 amide bonds. The lowest BCUT2D eigenvalue weighted by Crippen LogP contribution is -2.22. The molecule has 4 heteroatoms. The summed E-state index contributed by atoms with van der Waals surface area (Å²) in [7, 11) is 4.12. The molecule has 0 aliphatic rings. The molecular formula is C18H24N2OS. The van der Waals surface area contributed by atoms with Crippen LogP contribution in [0.25, 0.3) is 0 Å². The van der Waals surface area contributed by atoms with Crippen LogP contribution in [0, 0.1) is 0 Å². The van der Waals surface area contributed by atoms with Crippen LogP contribution in [-0.2, 0) is 24.3 Å². The number of nitrogens with one attached hydrogen (secondary N) is 1. The fraction of sp³-hybridized carbons (Fsp3) is 0.389. The number of amides is 1. The smallest absolute Gasteiger partial charge is 0.220 e. The van der Waals surface area contributed by atoms with Crippen molar-refractivity contribution in [2.75, 3.05) is 14.1 Å². The molecule has 0 spiro atoms. The Balaban J connectivity index is 1.67. The molecule has 2 aromatic rings. The maximum Gasteiger partial charge on any atom is 0.220 e. The van der Waals surface area contributed by atoms with Gasteiger partial charge in [0.25, 0.3) is 0 Å². The molecule has 0 saturated carbocycles. The van der Waals surface area contributed by atoms with Gasteiger partial charge >= 0.3 is 0 Å². The standard InChI is InChI=1S/C18H24N2OS/c1-20(2)14-16-10-8-15(9-11-16)13-19-18(21)7-3-5-17-6-4-12-22-17/h4,6,8-12H,3,5,7,13-14H2,1-2H3,(H,19,21). The quantitative estimate of drug-likeness (QED) is 0.809. The summed E-state index contributed by atoms with van der Waals surface area (Å²) in [6.07, 6.45) is 2.50. The number of hydrogen-bond acceptors (Lipinski definition) is 3. The van der Waals surface area contributed by atoms with Gasteiger partial charge in [-0.1, -0.05) is 30.3 Å². The third kappa shape index (κ3) is 6.00. The SMILES string of the molecule is CN(C)Cc1ccc(CNC(=O)CCCc2cccs2)cc1. The van der Waals surface area contributed by atoms with Crippen molar-refractivity contribution in [3.63, 3.8) is 0 Å². The molecule has 1 aromatic heterocycles. The highest BCUT2D eigenvalue weighted by molar-refractivity contribution is 7.09. The first kappa shape index (κ1) is 16.7. The number of carbonyl (C=O) groups is 1. The molecular weight excluding hydrogens is 292 g/mol. The summed E-state index contributed by atoms with van der Waals surface area (Å²) in [5.74, 6) is 0.133. The van der Waals surface area contributed by atoms with Crippen LogP contribution in [0.15, 0.2) is 41.8 Å². The molecule has 0 bridgehead atoms. The Labute approximate surface area is 137 Å². The second-order valence-corrected chi connectivity index (χ2v) is 6.80. The van der Waals surface area contributed by atoms with Crippen LogP contribution in [0.2, 0.25) is 0 Å². The molecule has 118 valence electrons. The number of aryl methyl sites for hydroxylation is 1. The zero-order valence-electron chi connectivity index (χ0n) is 13.3. The third-order valence-electron chi connectivity index (χ3n) is 3.42. The fourth-order valence-corrected chi connectivity index (χ4v) is 3.05. The molecule has 2 rings (SSSR count). The maximum atomic E-state index is 11.8. The largest absolute Gasteiger partial charge is 0.352 e. The van der Waals surface area contributed by atoms with E-state index in [1.165, 1.54) is 10.4 Å². The van der Waals surface area contributed by atoms with Gasteiger partial charge in [0.05, 0.1) is 0 Å². The summed E-state index contributed by atoms with van der Waals surface area (Å²) in [4.78, 5) is 15.3. The minimum atomic E-state index is 0.133. The van der Waals surface area contributed by atoms with Gasteiger partial charge in [-0.15, -0.1) is 11.3 Å². The Morgan fingerprint density at radius 2 is 1.86 bits per heavy atom. The number of rotatable bonds is 8.